The van der Waals surface area contributed by atoms with Crippen molar-refractivity contribution in [1.29, 1.82) is 0 Å². The predicted octanol–water partition coefficient (Wildman–Crippen LogP) is -0.620. The molecule has 1 fully saturated rings. The van der Waals surface area contributed by atoms with Crippen molar-refractivity contribution in [3.8, 4) is 0 Å². The highest BCUT2D eigenvalue weighted by molar-refractivity contribution is 5.80. The van der Waals surface area contributed by atoms with Gasteiger partial charge in [0.15, 0.2) is 0 Å². The minimum absolute atomic E-state index is 0.0509. The molecule has 1 rings (SSSR count). The van der Waals surface area contributed by atoms with Crippen LogP contribution in [0, 0.1) is 6.42 Å². The van der Waals surface area contributed by atoms with Crippen molar-refractivity contribution in [3.05, 3.63) is 6.42 Å². The summed E-state index contributed by atoms with van der Waals surface area (Å²) in [5.74, 6) is -0.216. The van der Waals surface area contributed by atoms with E-state index in [4.69, 9.17) is 5.73 Å². The van der Waals surface area contributed by atoms with E-state index in [1.54, 1.807) is 0 Å². The van der Waals surface area contributed by atoms with Crippen LogP contribution in [0.4, 0.5) is 0 Å². The number of hydrogen-bond donors (Lipinski definition) is 1. The smallest absolute Gasteiger partial charge is 0.234 e. The van der Waals surface area contributed by atoms with Gasteiger partial charge in [-0.05, 0) is 19.9 Å². The Bertz CT molecular complexity index is 124. The van der Waals surface area contributed by atoms with Gasteiger partial charge < -0.3 is 5.73 Å². The normalized spacial score (nSPS) is 28.8. The molecule has 0 bridgehead atoms. The third kappa shape index (κ3) is 1.21. The van der Waals surface area contributed by atoms with E-state index in [1.807, 2.05) is 11.9 Å². The Kier molecular flexibility index (Phi) is 1.71. The molecule has 1 atom stereocenters. The highest BCUT2D eigenvalue weighted by Crippen LogP contribution is 2.12. The zero-order valence-electron chi connectivity index (χ0n) is 5.50. The maximum Gasteiger partial charge on any atom is 0.234 e. The van der Waals surface area contributed by atoms with E-state index < -0.39 is 0 Å². The molecule has 3 heteroatoms. The van der Waals surface area contributed by atoms with Crippen molar-refractivity contribution >= 4 is 5.91 Å². The van der Waals surface area contributed by atoms with Crippen molar-refractivity contribution in [2.75, 3.05) is 13.6 Å². The van der Waals surface area contributed by atoms with Crippen LogP contribution in [0.15, 0.2) is 0 Å². The number of nitrogens with two attached hydrogens (primary N) is 1. The first kappa shape index (κ1) is 6.55. The summed E-state index contributed by atoms with van der Waals surface area (Å²) in [7, 11) is 1.90. The molecule has 0 aromatic rings. The Morgan fingerprint density at radius 2 is 2.56 bits per heavy atom. The summed E-state index contributed by atoms with van der Waals surface area (Å²) < 4.78 is 0. The topological polar surface area (TPSA) is 46.3 Å². The molecule has 1 radical (unpaired) electrons. The lowest BCUT2D eigenvalue weighted by molar-refractivity contribution is -0.121. The fourth-order valence-corrected chi connectivity index (χ4v) is 1.08. The molecule has 3 nitrogen and oxygen atoms in total. The second-order valence-electron chi connectivity index (χ2n) is 2.38. The number of rotatable bonds is 1. The molecular weight excluding hydrogens is 116 g/mol. The Morgan fingerprint density at radius 3 is 2.78 bits per heavy atom. The van der Waals surface area contributed by atoms with Crippen molar-refractivity contribution in [2.45, 2.75) is 12.5 Å². The Hall–Kier alpha value is -0.570. The molecule has 1 aliphatic heterocycles. The van der Waals surface area contributed by atoms with Gasteiger partial charge >= 0.3 is 0 Å². The number of carbonyl (C=O) groups excluding carboxylic acids is 1. The SMILES string of the molecule is CN1C[CH]CC1C(N)=O. The summed E-state index contributed by atoms with van der Waals surface area (Å²) >= 11 is 0. The zero-order chi connectivity index (χ0) is 6.85. The molecule has 51 valence electrons. The maximum atomic E-state index is 10.6. The summed E-state index contributed by atoms with van der Waals surface area (Å²) in [4.78, 5) is 12.5. The largest absolute Gasteiger partial charge is 0.368 e. The lowest BCUT2D eigenvalue weighted by atomic mass is 10.2. The molecule has 1 aliphatic rings. The highest BCUT2D eigenvalue weighted by Gasteiger charge is 2.25. The van der Waals surface area contributed by atoms with E-state index in [9.17, 15) is 4.79 Å². The molecular formula is C6H11N2O. The van der Waals surface area contributed by atoms with Gasteiger partial charge in [-0.1, -0.05) is 0 Å². The Labute approximate surface area is 54.8 Å². The Morgan fingerprint density at radius 1 is 1.89 bits per heavy atom. The standard InChI is InChI=1S/C6H11N2O/c1-8-4-2-3-5(8)6(7)9/h2,5H,3-4H2,1H3,(H2,7,9). The first-order valence-corrected chi connectivity index (χ1v) is 3.03. The molecule has 0 saturated carbocycles. The van der Waals surface area contributed by atoms with Crippen LogP contribution in [0.2, 0.25) is 0 Å². The van der Waals surface area contributed by atoms with Crippen molar-refractivity contribution in [2.24, 2.45) is 5.73 Å². The molecule has 0 aromatic heterocycles. The second-order valence-corrected chi connectivity index (χ2v) is 2.38. The number of hydrogen-bond acceptors (Lipinski definition) is 2. The van der Waals surface area contributed by atoms with Crippen LogP contribution in [-0.4, -0.2) is 30.4 Å². The van der Waals surface area contributed by atoms with Crippen LogP contribution in [-0.2, 0) is 4.79 Å². The van der Waals surface area contributed by atoms with Gasteiger partial charge in [0, 0.05) is 6.54 Å². The van der Waals surface area contributed by atoms with Gasteiger partial charge in [-0.3, -0.25) is 9.69 Å². The van der Waals surface area contributed by atoms with Crippen LogP contribution in [0.1, 0.15) is 6.42 Å². The molecule has 1 unspecified atom stereocenters. The van der Waals surface area contributed by atoms with E-state index in [0.717, 1.165) is 13.0 Å². The summed E-state index contributed by atoms with van der Waals surface area (Å²) in [6.07, 6.45) is 2.88. The van der Waals surface area contributed by atoms with Gasteiger partial charge in [-0.2, -0.15) is 0 Å². The molecule has 2 N–H and O–H groups in total. The van der Waals surface area contributed by atoms with E-state index in [-0.39, 0.29) is 11.9 Å². The third-order valence-corrected chi connectivity index (χ3v) is 1.67. The van der Waals surface area contributed by atoms with Crippen LogP contribution in [0.3, 0.4) is 0 Å². The zero-order valence-corrected chi connectivity index (χ0v) is 5.50. The van der Waals surface area contributed by atoms with Crippen LogP contribution in [0.5, 0.6) is 0 Å². The second kappa shape index (κ2) is 2.35. The van der Waals surface area contributed by atoms with Gasteiger partial charge in [-0.25, -0.2) is 0 Å². The average molecular weight is 127 g/mol. The maximum absolute atomic E-state index is 10.6. The number of likely N-dealkylation sites (tertiary alicyclic amines) is 1. The lowest BCUT2D eigenvalue weighted by Crippen LogP contribution is -2.37. The summed E-state index contributed by atoms with van der Waals surface area (Å²) in [5, 5.41) is 0. The number of primary amides is 1. The first-order valence-electron chi connectivity index (χ1n) is 3.03. The number of nitrogens with zero attached hydrogens (tertiary/aromatic N) is 1. The van der Waals surface area contributed by atoms with Gasteiger partial charge in [0.25, 0.3) is 0 Å². The highest BCUT2D eigenvalue weighted by atomic mass is 16.1. The van der Waals surface area contributed by atoms with Crippen molar-refractivity contribution in [3.63, 3.8) is 0 Å². The van der Waals surface area contributed by atoms with Crippen LogP contribution >= 0.6 is 0 Å². The van der Waals surface area contributed by atoms with E-state index in [1.165, 1.54) is 0 Å². The third-order valence-electron chi connectivity index (χ3n) is 1.67. The van der Waals surface area contributed by atoms with E-state index >= 15 is 0 Å². The van der Waals surface area contributed by atoms with Crippen LogP contribution < -0.4 is 5.73 Å². The molecule has 0 spiro atoms. The number of amides is 1. The van der Waals surface area contributed by atoms with Gasteiger partial charge in [-0.15, -0.1) is 0 Å². The van der Waals surface area contributed by atoms with Gasteiger partial charge in [0.05, 0.1) is 6.04 Å². The molecule has 9 heavy (non-hydrogen) atoms. The lowest BCUT2D eigenvalue weighted by Gasteiger charge is -2.14. The van der Waals surface area contributed by atoms with Crippen molar-refractivity contribution in [1.82, 2.24) is 4.90 Å². The van der Waals surface area contributed by atoms with Gasteiger partial charge in [0.2, 0.25) is 5.91 Å². The fraction of sp³-hybridized carbons (Fsp3) is 0.667. The van der Waals surface area contributed by atoms with E-state index in [2.05, 4.69) is 6.42 Å². The molecule has 0 aromatic carbocycles. The fourth-order valence-electron chi connectivity index (χ4n) is 1.08. The molecule has 0 aliphatic carbocycles. The first-order chi connectivity index (χ1) is 4.22. The summed E-state index contributed by atoms with van der Waals surface area (Å²) in [6, 6.07) is -0.0509. The molecule has 1 saturated heterocycles. The molecule has 1 heterocycles. The quantitative estimate of drug-likeness (QED) is 0.510. The monoisotopic (exact) mass is 127 g/mol. The minimum atomic E-state index is -0.216. The minimum Gasteiger partial charge on any atom is -0.368 e. The Balaban J connectivity index is 2.49. The number of carbonyl (C=O) groups is 1. The summed E-state index contributed by atoms with van der Waals surface area (Å²) in [6.45, 7) is 0.883. The van der Waals surface area contributed by atoms with E-state index in [0.29, 0.717) is 0 Å². The summed E-state index contributed by atoms with van der Waals surface area (Å²) in [5.41, 5.74) is 5.09. The van der Waals surface area contributed by atoms with Crippen molar-refractivity contribution < 1.29 is 4.79 Å². The predicted molar refractivity (Wildman–Crippen MR) is 34.5 cm³/mol. The van der Waals surface area contributed by atoms with Crippen LogP contribution in [0.25, 0.3) is 0 Å². The molecule has 1 amide bonds. The number of likely N-dealkylation sites (N-methyl/N-ethyl adjacent to an activating group) is 1. The van der Waals surface area contributed by atoms with Gasteiger partial charge in [0.1, 0.15) is 0 Å². The average Bonchev–Trinajstić information content (AvgIpc) is 2.13.